The van der Waals surface area contributed by atoms with E-state index >= 15 is 0 Å². The van der Waals surface area contributed by atoms with Gasteiger partial charge >= 0.3 is 0 Å². The fourth-order valence-electron chi connectivity index (χ4n) is 1.64. The van der Waals surface area contributed by atoms with Crippen molar-refractivity contribution < 1.29 is 9.84 Å². The summed E-state index contributed by atoms with van der Waals surface area (Å²) in [6.07, 6.45) is 0.904. The van der Waals surface area contributed by atoms with E-state index in [9.17, 15) is 5.11 Å². The molecule has 1 atom stereocenters. The highest BCUT2D eigenvalue weighted by atomic mass is 35.5. The average molecular weight is 246 g/mol. The maximum absolute atomic E-state index is 9.31. The zero-order chi connectivity index (χ0) is 11.4. The summed E-state index contributed by atoms with van der Waals surface area (Å²) < 4.78 is 5.19. The second-order valence-electron chi connectivity index (χ2n) is 4.16. The van der Waals surface area contributed by atoms with Crippen molar-refractivity contribution in [1.29, 1.82) is 0 Å². The average Bonchev–Trinajstić information content (AvgIpc) is 2.16. The van der Waals surface area contributed by atoms with E-state index in [0.29, 0.717) is 11.7 Å². The van der Waals surface area contributed by atoms with E-state index in [0.717, 1.165) is 12.0 Å². The van der Waals surface area contributed by atoms with Crippen molar-refractivity contribution in [2.45, 2.75) is 26.3 Å². The zero-order valence-electron chi connectivity index (χ0n) is 9.93. The van der Waals surface area contributed by atoms with Crippen LogP contribution in [0.4, 0.5) is 0 Å². The highest BCUT2D eigenvalue weighted by Crippen LogP contribution is 2.30. The number of aromatic hydroxyl groups is 1. The van der Waals surface area contributed by atoms with Crippen LogP contribution in [0, 0.1) is 5.92 Å². The molecule has 3 N–H and O–H groups in total. The van der Waals surface area contributed by atoms with Crippen molar-refractivity contribution in [3.8, 4) is 11.5 Å². The molecule has 3 nitrogen and oxygen atoms in total. The van der Waals surface area contributed by atoms with Gasteiger partial charge in [-0.2, -0.15) is 0 Å². The molecule has 1 rings (SSSR count). The van der Waals surface area contributed by atoms with Gasteiger partial charge in [0.15, 0.2) is 0 Å². The Hall–Kier alpha value is -0.930. The first-order valence-corrected chi connectivity index (χ1v) is 5.17. The number of benzene rings is 1. The summed E-state index contributed by atoms with van der Waals surface area (Å²) >= 11 is 0. The molecule has 16 heavy (non-hydrogen) atoms. The van der Waals surface area contributed by atoms with Gasteiger partial charge in [-0.3, -0.25) is 0 Å². The third-order valence-corrected chi connectivity index (χ3v) is 2.34. The van der Waals surface area contributed by atoms with E-state index in [4.69, 9.17) is 10.5 Å². The summed E-state index contributed by atoms with van der Waals surface area (Å²) in [5.41, 5.74) is 7.01. The Labute approximate surface area is 103 Å². The molecule has 0 saturated carbocycles. The van der Waals surface area contributed by atoms with Gasteiger partial charge in [-0.25, -0.2) is 0 Å². The molecule has 0 radical (unpaired) electrons. The lowest BCUT2D eigenvalue weighted by atomic mass is 9.97. The molecule has 0 bridgehead atoms. The van der Waals surface area contributed by atoms with E-state index < -0.39 is 0 Å². The maximum atomic E-state index is 9.31. The smallest absolute Gasteiger partial charge is 0.127 e. The van der Waals surface area contributed by atoms with Gasteiger partial charge in [-0.05, 0) is 18.4 Å². The number of rotatable bonds is 4. The van der Waals surface area contributed by atoms with Crippen LogP contribution in [0.15, 0.2) is 18.2 Å². The van der Waals surface area contributed by atoms with E-state index in [1.807, 2.05) is 6.07 Å². The second-order valence-corrected chi connectivity index (χ2v) is 4.16. The number of hydrogen-bond acceptors (Lipinski definition) is 3. The Bertz CT molecular complexity index is 329. The third-order valence-electron chi connectivity index (χ3n) is 2.34. The van der Waals surface area contributed by atoms with Crippen molar-refractivity contribution in [2.24, 2.45) is 11.7 Å². The number of phenolic OH excluding ortho intramolecular Hbond substituents is 1. The fraction of sp³-hybridized carbons (Fsp3) is 0.500. The molecule has 1 aromatic rings. The first-order chi connectivity index (χ1) is 7.04. The Balaban J connectivity index is 0.00000225. The number of hydrogen-bond donors (Lipinski definition) is 2. The van der Waals surface area contributed by atoms with E-state index in [-0.39, 0.29) is 24.2 Å². The largest absolute Gasteiger partial charge is 0.508 e. The minimum absolute atomic E-state index is 0. The lowest BCUT2D eigenvalue weighted by Crippen LogP contribution is -2.13. The molecule has 0 saturated heterocycles. The summed E-state index contributed by atoms with van der Waals surface area (Å²) in [6, 6.07) is 5.01. The van der Waals surface area contributed by atoms with Crippen LogP contribution in [-0.2, 0) is 0 Å². The Kier molecular flexibility index (Phi) is 6.22. The van der Waals surface area contributed by atoms with Gasteiger partial charge < -0.3 is 15.6 Å². The standard InChI is InChI=1S/C12H19NO2.ClH/c1-8(2)6-11(13)10-5-4-9(14)7-12(10)15-3;/h4-5,7-8,11,14H,6,13H2,1-3H3;1H/t11-;/m0./s1. The lowest BCUT2D eigenvalue weighted by molar-refractivity contribution is 0.393. The van der Waals surface area contributed by atoms with Gasteiger partial charge in [-0.1, -0.05) is 19.9 Å². The molecule has 0 fully saturated rings. The van der Waals surface area contributed by atoms with Crippen LogP contribution in [0.3, 0.4) is 0 Å². The summed E-state index contributed by atoms with van der Waals surface area (Å²) in [5, 5.41) is 9.31. The number of methoxy groups -OCH3 is 1. The lowest BCUT2D eigenvalue weighted by Gasteiger charge is -2.17. The zero-order valence-corrected chi connectivity index (χ0v) is 10.8. The van der Waals surface area contributed by atoms with Crippen LogP contribution < -0.4 is 10.5 Å². The SMILES string of the molecule is COc1cc(O)ccc1[C@@H](N)CC(C)C.Cl. The normalized spacial score (nSPS) is 12.1. The van der Waals surface area contributed by atoms with Gasteiger partial charge in [0.1, 0.15) is 11.5 Å². The van der Waals surface area contributed by atoms with E-state index in [1.54, 1.807) is 19.2 Å². The topological polar surface area (TPSA) is 55.5 Å². The molecule has 0 heterocycles. The van der Waals surface area contributed by atoms with Crippen molar-refractivity contribution in [2.75, 3.05) is 7.11 Å². The molecule has 0 aliphatic rings. The van der Waals surface area contributed by atoms with Gasteiger partial charge in [0.05, 0.1) is 7.11 Å². The molecule has 4 heteroatoms. The number of ether oxygens (including phenoxy) is 1. The fourth-order valence-corrected chi connectivity index (χ4v) is 1.64. The van der Waals surface area contributed by atoms with Crippen molar-refractivity contribution in [3.63, 3.8) is 0 Å². The Morgan fingerprint density at radius 1 is 1.38 bits per heavy atom. The van der Waals surface area contributed by atoms with Crippen molar-refractivity contribution >= 4 is 12.4 Å². The molecule has 0 aliphatic heterocycles. The second kappa shape index (κ2) is 6.61. The van der Waals surface area contributed by atoms with Gasteiger partial charge in [0.2, 0.25) is 0 Å². The molecular weight excluding hydrogens is 226 g/mol. The molecule has 0 aromatic heterocycles. The first kappa shape index (κ1) is 15.1. The maximum Gasteiger partial charge on any atom is 0.127 e. The predicted molar refractivity (Wildman–Crippen MR) is 68.3 cm³/mol. The molecule has 92 valence electrons. The minimum atomic E-state index is -0.0412. The van der Waals surface area contributed by atoms with Gasteiger partial charge in [0, 0.05) is 17.7 Å². The molecule has 0 aliphatic carbocycles. The van der Waals surface area contributed by atoms with E-state index in [2.05, 4.69) is 13.8 Å². The van der Waals surface area contributed by atoms with Crippen LogP contribution in [-0.4, -0.2) is 12.2 Å². The molecule has 0 amide bonds. The molecule has 0 unspecified atom stereocenters. The number of nitrogens with two attached hydrogens (primary N) is 1. The quantitative estimate of drug-likeness (QED) is 0.858. The summed E-state index contributed by atoms with van der Waals surface area (Å²) in [7, 11) is 1.58. The van der Waals surface area contributed by atoms with E-state index in [1.165, 1.54) is 0 Å². The highest BCUT2D eigenvalue weighted by molar-refractivity contribution is 5.85. The minimum Gasteiger partial charge on any atom is -0.508 e. The third kappa shape index (κ3) is 3.91. The van der Waals surface area contributed by atoms with Crippen LogP contribution in [0.2, 0.25) is 0 Å². The Morgan fingerprint density at radius 2 is 2.00 bits per heavy atom. The number of halogens is 1. The Morgan fingerprint density at radius 3 is 2.50 bits per heavy atom. The highest BCUT2D eigenvalue weighted by Gasteiger charge is 2.13. The monoisotopic (exact) mass is 245 g/mol. The van der Waals surface area contributed by atoms with Crippen LogP contribution >= 0.6 is 12.4 Å². The van der Waals surface area contributed by atoms with Crippen LogP contribution in [0.5, 0.6) is 11.5 Å². The predicted octanol–water partition coefficient (Wildman–Crippen LogP) is 2.87. The molecule has 0 spiro atoms. The van der Waals surface area contributed by atoms with Crippen molar-refractivity contribution in [3.05, 3.63) is 23.8 Å². The summed E-state index contributed by atoms with van der Waals surface area (Å²) in [4.78, 5) is 0. The number of phenols is 1. The summed E-state index contributed by atoms with van der Waals surface area (Å²) in [5.74, 6) is 1.40. The van der Waals surface area contributed by atoms with Crippen LogP contribution in [0.1, 0.15) is 31.9 Å². The van der Waals surface area contributed by atoms with Gasteiger partial charge in [-0.15, -0.1) is 12.4 Å². The summed E-state index contributed by atoms with van der Waals surface area (Å²) in [6.45, 7) is 4.26. The molecule has 1 aromatic carbocycles. The van der Waals surface area contributed by atoms with Crippen molar-refractivity contribution in [1.82, 2.24) is 0 Å². The first-order valence-electron chi connectivity index (χ1n) is 5.17. The van der Waals surface area contributed by atoms with Gasteiger partial charge in [0.25, 0.3) is 0 Å². The van der Waals surface area contributed by atoms with Crippen LogP contribution in [0.25, 0.3) is 0 Å². The molecular formula is C12H20ClNO2.